The molecule has 5 nitrogen and oxygen atoms in total. The number of fused-ring (bicyclic) bond motifs is 1. The van der Waals surface area contributed by atoms with E-state index in [0.29, 0.717) is 23.5 Å². The van der Waals surface area contributed by atoms with Crippen LogP contribution in [0.25, 0.3) is 0 Å². The average molecular weight is 301 g/mol. The lowest BCUT2D eigenvalue weighted by Gasteiger charge is -2.26. The van der Waals surface area contributed by atoms with Crippen LogP contribution < -0.4 is 0 Å². The summed E-state index contributed by atoms with van der Waals surface area (Å²) in [6.45, 7) is 0. The van der Waals surface area contributed by atoms with Crippen molar-refractivity contribution >= 4 is 17.8 Å². The number of imide groups is 1. The largest absolute Gasteiger partial charge is 0.467 e. The molecule has 5 heteroatoms. The molecule has 0 bridgehead atoms. The van der Waals surface area contributed by atoms with Crippen LogP contribution in [0.2, 0.25) is 0 Å². The minimum absolute atomic E-state index is 0.368. The van der Waals surface area contributed by atoms with Crippen molar-refractivity contribution in [3.8, 4) is 0 Å². The van der Waals surface area contributed by atoms with E-state index in [1.54, 1.807) is 24.3 Å². The fourth-order valence-corrected chi connectivity index (χ4v) is 3.50. The number of hydrogen-bond donors (Lipinski definition) is 0. The van der Waals surface area contributed by atoms with Gasteiger partial charge in [0.15, 0.2) is 0 Å². The summed E-state index contributed by atoms with van der Waals surface area (Å²) in [5.41, 5.74) is 0.737. The van der Waals surface area contributed by atoms with E-state index in [0.717, 1.165) is 30.6 Å². The van der Waals surface area contributed by atoms with Crippen LogP contribution in [0.3, 0.4) is 0 Å². The molecular weight excluding hydrogens is 282 g/mol. The third kappa shape index (κ3) is 2.40. The smallest absolute Gasteiger partial charge is 0.329 e. The van der Waals surface area contributed by atoms with Crippen LogP contribution in [0.1, 0.15) is 52.8 Å². The molecule has 3 rings (SSSR count). The first-order chi connectivity index (χ1) is 10.6. The molecule has 0 aromatic heterocycles. The van der Waals surface area contributed by atoms with Crippen LogP contribution in [-0.2, 0) is 9.53 Å². The highest BCUT2D eigenvalue weighted by atomic mass is 16.5. The van der Waals surface area contributed by atoms with Gasteiger partial charge < -0.3 is 4.74 Å². The molecule has 1 heterocycles. The van der Waals surface area contributed by atoms with Crippen LogP contribution in [0, 0.1) is 5.92 Å². The molecule has 1 saturated carbocycles. The molecule has 0 spiro atoms. The van der Waals surface area contributed by atoms with Gasteiger partial charge in [-0.05, 0) is 24.5 Å². The molecule has 1 aliphatic carbocycles. The number of rotatable bonds is 4. The first-order valence-corrected chi connectivity index (χ1v) is 7.68. The number of benzene rings is 1. The fraction of sp³-hybridized carbons (Fsp3) is 0.471. The topological polar surface area (TPSA) is 63.7 Å². The number of amides is 2. The third-order valence-electron chi connectivity index (χ3n) is 4.64. The molecule has 1 aliphatic heterocycles. The Morgan fingerprint density at radius 3 is 2.23 bits per heavy atom. The Bertz CT molecular complexity index is 584. The van der Waals surface area contributed by atoms with Gasteiger partial charge in [0.05, 0.1) is 18.2 Å². The summed E-state index contributed by atoms with van der Waals surface area (Å²) in [5, 5.41) is 0. The van der Waals surface area contributed by atoms with E-state index in [9.17, 15) is 14.4 Å². The van der Waals surface area contributed by atoms with Crippen molar-refractivity contribution in [3.05, 3.63) is 35.4 Å². The molecule has 1 atom stereocenters. The lowest BCUT2D eigenvalue weighted by atomic mass is 9.97. The molecule has 1 aromatic carbocycles. The Balaban J connectivity index is 1.90. The average Bonchev–Trinajstić information content (AvgIpc) is 3.13. The van der Waals surface area contributed by atoms with Gasteiger partial charge in [0.25, 0.3) is 11.8 Å². The van der Waals surface area contributed by atoms with E-state index in [2.05, 4.69) is 0 Å². The van der Waals surface area contributed by atoms with Crippen molar-refractivity contribution in [3.63, 3.8) is 0 Å². The highest BCUT2D eigenvalue weighted by Crippen LogP contribution is 2.33. The standard InChI is InChI=1S/C17H19NO4/c1-22-17(21)14(10-11-6-2-3-7-11)18-15(19)12-8-4-5-9-13(12)16(18)20/h4-5,8-9,11,14H,2-3,6-7,10H2,1H3. The van der Waals surface area contributed by atoms with E-state index < -0.39 is 23.8 Å². The number of methoxy groups -OCH3 is 1. The van der Waals surface area contributed by atoms with E-state index in [1.807, 2.05) is 0 Å². The minimum atomic E-state index is -0.819. The van der Waals surface area contributed by atoms with Gasteiger partial charge in [-0.3, -0.25) is 14.5 Å². The van der Waals surface area contributed by atoms with Crippen LogP contribution in [0.5, 0.6) is 0 Å². The van der Waals surface area contributed by atoms with Crippen LogP contribution in [0.15, 0.2) is 24.3 Å². The molecule has 116 valence electrons. The molecule has 0 radical (unpaired) electrons. The first-order valence-electron chi connectivity index (χ1n) is 7.68. The van der Waals surface area contributed by atoms with Gasteiger partial charge in [0.2, 0.25) is 0 Å². The maximum atomic E-state index is 12.5. The van der Waals surface area contributed by atoms with Gasteiger partial charge in [0.1, 0.15) is 6.04 Å². The van der Waals surface area contributed by atoms with Crippen molar-refractivity contribution in [1.29, 1.82) is 0 Å². The second-order valence-electron chi connectivity index (χ2n) is 5.95. The number of carbonyl (C=O) groups is 3. The minimum Gasteiger partial charge on any atom is -0.467 e. The number of ether oxygens (including phenoxy) is 1. The zero-order chi connectivity index (χ0) is 15.7. The second kappa shape index (κ2) is 5.91. The molecule has 1 unspecified atom stereocenters. The van der Waals surface area contributed by atoms with Gasteiger partial charge in [-0.2, -0.15) is 0 Å². The van der Waals surface area contributed by atoms with Gasteiger partial charge in [-0.15, -0.1) is 0 Å². The Kier molecular flexibility index (Phi) is 3.96. The number of hydrogen-bond acceptors (Lipinski definition) is 4. The Labute approximate surface area is 129 Å². The molecule has 1 fully saturated rings. The normalized spacial score (nSPS) is 19.4. The van der Waals surface area contributed by atoms with E-state index >= 15 is 0 Å². The molecule has 1 aromatic rings. The maximum Gasteiger partial charge on any atom is 0.329 e. The summed E-state index contributed by atoms with van der Waals surface area (Å²) < 4.78 is 4.85. The van der Waals surface area contributed by atoms with E-state index in [-0.39, 0.29) is 0 Å². The monoisotopic (exact) mass is 301 g/mol. The summed E-state index contributed by atoms with van der Waals surface area (Å²) in [7, 11) is 1.29. The highest BCUT2D eigenvalue weighted by Gasteiger charge is 2.44. The Hall–Kier alpha value is -2.17. The van der Waals surface area contributed by atoms with Crippen molar-refractivity contribution in [2.75, 3.05) is 7.11 Å². The first kappa shape index (κ1) is 14.8. The van der Waals surface area contributed by atoms with E-state index in [1.165, 1.54) is 7.11 Å². The maximum absolute atomic E-state index is 12.5. The lowest BCUT2D eigenvalue weighted by Crippen LogP contribution is -2.46. The van der Waals surface area contributed by atoms with Gasteiger partial charge in [-0.1, -0.05) is 37.8 Å². The predicted octanol–water partition coefficient (Wildman–Crippen LogP) is 2.40. The van der Waals surface area contributed by atoms with Crippen LogP contribution in [0.4, 0.5) is 0 Å². The van der Waals surface area contributed by atoms with Crippen LogP contribution in [-0.4, -0.2) is 35.8 Å². The predicted molar refractivity (Wildman–Crippen MR) is 79.3 cm³/mol. The SMILES string of the molecule is COC(=O)C(CC1CCCC1)N1C(=O)c2ccccc2C1=O. The van der Waals surface area contributed by atoms with Crippen molar-refractivity contribution < 1.29 is 19.1 Å². The van der Waals surface area contributed by atoms with Crippen molar-refractivity contribution in [1.82, 2.24) is 4.90 Å². The third-order valence-corrected chi connectivity index (χ3v) is 4.64. The molecule has 0 N–H and O–H groups in total. The molecule has 2 aliphatic rings. The molecule has 0 saturated heterocycles. The quantitative estimate of drug-likeness (QED) is 0.633. The summed E-state index contributed by atoms with van der Waals surface area (Å²) >= 11 is 0. The number of carbonyl (C=O) groups excluding carboxylic acids is 3. The second-order valence-corrected chi connectivity index (χ2v) is 5.95. The van der Waals surface area contributed by atoms with Gasteiger partial charge in [0, 0.05) is 0 Å². The highest BCUT2D eigenvalue weighted by molar-refractivity contribution is 6.22. The van der Waals surface area contributed by atoms with Crippen molar-refractivity contribution in [2.24, 2.45) is 5.92 Å². The Morgan fingerprint density at radius 2 is 1.73 bits per heavy atom. The number of esters is 1. The lowest BCUT2D eigenvalue weighted by molar-refractivity contribution is -0.145. The Morgan fingerprint density at radius 1 is 1.18 bits per heavy atom. The molecular formula is C17H19NO4. The molecule has 2 amide bonds. The summed E-state index contributed by atoms with van der Waals surface area (Å²) in [5.74, 6) is -0.933. The van der Waals surface area contributed by atoms with Crippen molar-refractivity contribution in [2.45, 2.75) is 38.1 Å². The van der Waals surface area contributed by atoms with Crippen LogP contribution >= 0.6 is 0 Å². The number of nitrogens with zero attached hydrogens (tertiary/aromatic N) is 1. The summed E-state index contributed by atoms with van der Waals surface area (Å²) in [6, 6.07) is 5.87. The zero-order valence-electron chi connectivity index (χ0n) is 12.6. The molecule has 22 heavy (non-hydrogen) atoms. The van der Waals surface area contributed by atoms with E-state index in [4.69, 9.17) is 4.74 Å². The summed E-state index contributed by atoms with van der Waals surface area (Å²) in [6.07, 6.45) is 4.85. The van der Waals surface area contributed by atoms with Gasteiger partial charge in [-0.25, -0.2) is 4.79 Å². The zero-order valence-corrected chi connectivity index (χ0v) is 12.6. The van der Waals surface area contributed by atoms with Gasteiger partial charge >= 0.3 is 5.97 Å². The fourth-order valence-electron chi connectivity index (χ4n) is 3.50. The summed E-state index contributed by atoms with van der Waals surface area (Å²) in [4.78, 5) is 38.3.